The Labute approximate surface area is 203 Å². The van der Waals surface area contributed by atoms with E-state index in [1.165, 1.54) is 0 Å². The maximum absolute atomic E-state index is 6.36. The number of rotatable bonds is 5. The third kappa shape index (κ3) is 4.49. The molecular formula is C29H20Cl2N2. The van der Waals surface area contributed by atoms with Crippen molar-refractivity contribution in [1.82, 2.24) is 4.57 Å². The van der Waals surface area contributed by atoms with Crippen LogP contribution in [-0.2, 0) is 0 Å². The summed E-state index contributed by atoms with van der Waals surface area (Å²) in [6, 6.07) is 38.4. The molecule has 4 aromatic carbocycles. The molecule has 0 bridgehead atoms. The van der Waals surface area contributed by atoms with Crippen molar-refractivity contribution < 1.29 is 0 Å². The summed E-state index contributed by atoms with van der Waals surface area (Å²) in [5, 5.41) is 1.32. The van der Waals surface area contributed by atoms with Crippen LogP contribution in [0.4, 0.5) is 5.69 Å². The molecule has 5 aromatic rings. The van der Waals surface area contributed by atoms with Crippen LogP contribution < -0.4 is 0 Å². The first-order chi connectivity index (χ1) is 16.2. The van der Waals surface area contributed by atoms with Gasteiger partial charge in [-0.05, 0) is 53.6 Å². The van der Waals surface area contributed by atoms with E-state index in [-0.39, 0.29) is 0 Å². The highest BCUT2D eigenvalue weighted by molar-refractivity contribution is 6.33. The van der Waals surface area contributed by atoms with Gasteiger partial charge >= 0.3 is 0 Å². The van der Waals surface area contributed by atoms with E-state index in [0.717, 1.165) is 39.5 Å². The predicted octanol–water partition coefficient (Wildman–Crippen LogP) is 8.87. The van der Waals surface area contributed by atoms with Crippen molar-refractivity contribution >= 4 is 35.1 Å². The number of hydrogen-bond acceptors (Lipinski definition) is 1. The maximum Gasteiger partial charge on any atom is 0.0816 e. The minimum absolute atomic E-state index is 0.621. The van der Waals surface area contributed by atoms with Crippen LogP contribution in [0, 0.1) is 0 Å². The van der Waals surface area contributed by atoms with E-state index in [0.29, 0.717) is 10.0 Å². The second-order valence-electron chi connectivity index (χ2n) is 7.59. The summed E-state index contributed by atoms with van der Waals surface area (Å²) in [5.41, 5.74) is 7.07. The van der Waals surface area contributed by atoms with E-state index in [9.17, 15) is 0 Å². The van der Waals surface area contributed by atoms with E-state index < -0.39 is 0 Å². The van der Waals surface area contributed by atoms with Crippen molar-refractivity contribution in [2.24, 2.45) is 4.99 Å². The molecule has 5 rings (SSSR count). The smallest absolute Gasteiger partial charge is 0.0816 e. The molecule has 0 saturated heterocycles. The lowest BCUT2D eigenvalue weighted by Crippen LogP contribution is -2.00. The standard InChI is InChI=1S/C29H20Cl2N2/c30-24-15-17-25(18-16-24)33-28(21-9-3-1-4-10-21)19-23(29(33)22-11-5-2-6-12-22)20-32-27-14-8-7-13-26(27)31/h1-20H. The van der Waals surface area contributed by atoms with Gasteiger partial charge in [0.2, 0.25) is 0 Å². The molecule has 1 heterocycles. The Hall–Kier alpha value is -3.59. The van der Waals surface area contributed by atoms with Crippen molar-refractivity contribution in [2.75, 3.05) is 0 Å². The Morgan fingerprint density at radius 1 is 0.636 bits per heavy atom. The molecule has 0 aliphatic carbocycles. The molecule has 0 aliphatic heterocycles. The van der Waals surface area contributed by atoms with Crippen LogP contribution in [0.25, 0.3) is 28.2 Å². The fraction of sp³-hybridized carbons (Fsp3) is 0. The Balaban J connectivity index is 1.78. The van der Waals surface area contributed by atoms with Crippen LogP contribution in [0.2, 0.25) is 10.0 Å². The molecule has 1 aromatic heterocycles. The molecule has 0 atom stereocenters. The zero-order chi connectivity index (χ0) is 22.6. The third-order valence-corrected chi connectivity index (χ3v) is 6.00. The quantitative estimate of drug-likeness (QED) is 0.230. The molecule has 0 saturated carbocycles. The highest BCUT2D eigenvalue weighted by atomic mass is 35.5. The summed E-state index contributed by atoms with van der Waals surface area (Å²) >= 11 is 12.6. The monoisotopic (exact) mass is 466 g/mol. The Kier molecular flexibility index (Phi) is 6.12. The van der Waals surface area contributed by atoms with Crippen molar-refractivity contribution in [2.45, 2.75) is 0 Å². The first-order valence-electron chi connectivity index (χ1n) is 10.6. The molecule has 0 radical (unpaired) electrons. The first kappa shape index (κ1) is 21.3. The summed E-state index contributed by atoms with van der Waals surface area (Å²) in [6.45, 7) is 0. The van der Waals surface area contributed by atoms with Crippen LogP contribution in [0.15, 0.2) is 120 Å². The van der Waals surface area contributed by atoms with Gasteiger partial charge in [-0.25, -0.2) is 0 Å². The molecule has 0 N–H and O–H groups in total. The van der Waals surface area contributed by atoms with Crippen LogP contribution >= 0.6 is 23.2 Å². The molecule has 0 fully saturated rings. The Bertz CT molecular complexity index is 1400. The van der Waals surface area contributed by atoms with E-state index >= 15 is 0 Å². The van der Waals surface area contributed by atoms with Crippen LogP contribution in [-0.4, -0.2) is 10.8 Å². The van der Waals surface area contributed by atoms with Crippen LogP contribution in [0.5, 0.6) is 0 Å². The first-order valence-corrected chi connectivity index (χ1v) is 11.4. The van der Waals surface area contributed by atoms with E-state index in [4.69, 9.17) is 28.2 Å². The van der Waals surface area contributed by atoms with Gasteiger partial charge in [0.15, 0.2) is 0 Å². The second kappa shape index (κ2) is 9.50. The zero-order valence-electron chi connectivity index (χ0n) is 17.7. The SMILES string of the molecule is Clc1ccc(-n2c(-c3ccccc3)cc(C=Nc3ccccc3Cl)c2-c2ccccc2)cc1. The fourth-order valence-corrected chi connectivity index (χ4v) is 4.21. The molecule has 160 valence electrons. The number of aromatic nitrogens is 1. The molecule has 2 nitrogen and oxygen atoms in total. The van der Waals surface area contributed by atoms with E-state index in [1.807, 2.05) is 91.1 Å². The topological polar surface area (TPSA) is 17.3 Å². The van der Waals surface area contributed by atoms with Gasteiger partial charge in [-0.2, -0.15) is 0 Å². The number of aliphatic imine (C=N–C) groups is 1. The molecule has 0 amide bonds. The molecule has 0 aliphatic rings. The average molecular weight is 467 g/mol. The highest BCUT2D eigenvalue weighted by Gasteiger charge is 2.18. The number of hydrogen-bond donors (Lipinski definition) is 0. The summed E-state index contributed by atoms with van der Waals surface area (Å²) < 4.78 is 2.26. The average Bonchev–Trinajstić information content (AvgIpc) is 3.24. The van der Waals surface area contributed by atoms with Crippen LogP contribution in [0.1, 0.15) is 5.56 Å². The van der Waals surface area contributed by atoms with E-state index in [2.05, 4.69) is 34.9 Å². The lowest BCUT2D eigenvalue weighted by molar-refractivity contribution is 1.09. The van der Waals surface area contributed by atoms with Gasteiger partial charge < -0.3 is 4.57 Å². The molecule has 0 unspecified atom stereocenters. The second-order valence-corrected chi connectivity index (χ2v) is 8.43. The fourth-order valence-electron chi connectivity index (χ4n) is 3.90. The van der Waals surface area contributed by atoms with E-state index in [1.54, 1.807) is 0 Å². The number of para-hydroxylation sites is 1. The minimum Gasteiger partial charge on any atom is -0.309 e. The van der Waals surface area contributed by atoms with Gasteiger partial charge in [-0.15, -0.1) is 0 Å². The van der Waals surface area contributed by atoms with Gasteiger partial charge in [0.25, 0.3) is 0 Å². The lowest BCUT2D eigenvalue weighted by Gasteiger charge is -2.15. The molecular weight excluding hydrogens is 447 g/mol. The largest absolute Gasteiger partial charge is 0.309 e. The summed E-state index contributed by atoms with van der Waals surface area (Å²) in [5.74, 6) is 0. The van der Waals surface area contributed by atoms with Gasteiger partial charge in [0, 0.05) is 22.5 Å². The van der Waals surface area contributed by atoms with Crippen molar-refractivity contribution in [3.63, 3.8) is 0 Å². The predicted molar refractivity (Wildman–Crippen MR) is 140 cm³/mol. The van der Waals surface area contributed by atoms with Crippen molar-refractivity contribution in [3.05, 3.63) is 131 Å². The minimum atomic E-state index is 0.621. The summed E-state index contributed by atoms with van der Waals surface area (Å²) in [6.07, 6.45) is 1.89. The summed E-state index contributed by atoms with van der Waals surface area (Å²) in [7, 11) is 0. The zero-order valence-corrected chi connectivity index (χ0v) is 19.2. The molecule has 33 heavy (non-hydrogen) atoms. The van der Waals surface area contributed by atoms with Gasteiger partial charge in [-0.1, -0.05) is 96.0 Å². The lowest BCUT2D eigenvalue weighted by atomic mass is 10.1. The van der Waals surface area contributed by atoms with Gasteiger partial charge in [0.1, 0.15) is 0 Å². The maximum atomic E-state index is 6.36. The van der Waals surface area contributed by atoms with Gasteiger partial charge in [-0.3, -0.25) is 4.99 Å². The Morgan fingerprint density at radius 3 is 1.91 bits per heavy atom. The normalized spacial score (nSPS) is 11.2. The van der Waals surface area contributed by atoms with Crippen molar-refractivity contribution in [1.29, 1.82) is 0 Å². The van der Waals surface area contributed by atoms with Crippen LogP contribution in [0.3, 0.4) is 0 Å². The number of nitrogens with zero attached hydrogens (tertiary/aromatic N) is 2. The molecule has 0 spiro atoms. The van der Waals surface area contributed by atoms with Crippen molar-refractivity contribution in [3.8, 4) is 28.2 Å². The Morgan fingerprint density at radius 2 is 1.24 bits per heavy atom. The molecule has 4 heteroatoms. The number of halogens is 2. The summed E-state index contributed by atoms with van der Waals surface area (Å²) in [4.78, 5) is 4.73. The third-order valence-electron chi connectivity index (χ3n) is 5.43. The number of benzene rings is 4. The van der Waals surface area contributed by atoms with Gasteiger partial charge in [0.05, 0.1) is 22.1 Å². The highest BCUT2D eigenvalue weighted by Crippen LogP contribution is 2.36.